The van der Waals surface area contributed by atoms with Crippen molar-refractivity contribution in [3.05, 3.63) is 11.6 Å². The van der Waals surface area contributed by atoms with Crippen LogP contribution in [0.2, 0.25) is 0 Å². The van der Waals surface area contributed by atoms with Gasteiger partial charge in [-0.25, -0.2) is 0 Å². The molecule has 0 spiro atoms. The van der Waals surface area contributed by atoms with E-state index in [9.17, 15) is 9.59 Å². The van der Waals surface area contributed by atoms with Gasteiger partial charge in [-0.15, -0.1) is 0 Å². The second-order valence-corrected chi connectivity index (χ2v) is 7.50. The van der Waals surface area contributed by atoms with E-state index in [4.69, 9.17) is 0 Å². The smallest absolute Gasteiger partial charge is 0.155 e. The molecule has 0 N–H and O–H groups in total. The molecule has 0 aromatic heterocycles. The number of hydrogen-bond donors (Lipinski definition) is 0. The average molecular weight is 274 g/mol. The predicted octanol–water partition coefficient (Wildman–Crippen LogP) is 3.94. The van der Waals surface area contributed by atoms with Crippen molar-refractivity contribution >= 4 is 11.6 Å². The summed E-state index contributed by atoms with van der Waals surface area (Å²) in [5, 5.41) is 0. The zero-order chi connectivity index (χ0) is 14.5. The van der Waals surface area contributed by atoms with Crippen LogP contribution < -0.4 is 0 Å². The molecule has 0 bridgehead atoms. The highest BCUT2D eigenvalue weighted by Crippen LogP contribution is 2.56. The molecule has 5 atom stereocenters. The second-order valence-electron chi connectivity index (χ2n) is 7.50. The van der Waals surface area contributed by atoms with Crippen LogP contribution in [0, 0.1) is 29.1 Å². The molecule has 2 saturated carbocycles. The van der Waals surface area contributed by atoms with Gasteiger partial charge in [-0.2, -0.15) is 0 Å². The number of ketones is 2. The lowest BCUT2D eigenvalue weighted by molar-refractivity contribution is -0.135. The predicted molar refractivity (Wildman–Crippen MR) is 79.2 cm³/mol. The zero-order valence-electron chi connectivity index (χ0n) is 12.9. The quantitative estimate of drug-likeness (QED) is 0.725. The van der Waals surface area contributed by atoms with E-state index in [1.165, 1.54) is 18.4 Å². The van der Waals surface area contributed by atoms with Crippen LogP contribution in [0.25, 0.3) is 0 Å². The van der Waals surface area contributed by atoms with Gasteiger partial charge in [-0.1, -0.05) is 19.4 Å². The van der Waals surface area contributed by atoms with Gasteiger partial charge in [0, 0.05) is 11.8 Å². The maximum absolute atomic E-state index is 12.1. The van der Waals surface area contributed by atoms with E-state index in [1.54, 1.807) is 6.92 Å². The van der Waals surface area contributed by atoms with Crippen LogP contribution in [0.5, 0.6) is 0 Å². The van der Waals surface area contributed by atoms with Crippen LogP contribution >= 0.6 is 0 Å². The maximum atomic E-state index is 12.1. The fourth-order valence-corrected chi connectivity index (χ4v) is 5.16. The van der Waals surface area contributed by atoms with Gasteiger partial charge in [0.25, 0.3) is 0 Å². The van der Waals surface area contributed by atoms with Crippen molar-refractivity contribution < 1.29 is 9.59 Å². The lowest BCUT2D eigenvalue weighted by Crippen LogP contribution is -2.48. The summed E-state index contributed by atoms with van der Waals surface area (Å²) in [4.78, 5) is 23.7. The standard InChI is InChI=1S/C18H26O2/c1-11-15-6-4-13-10-14(20)5-7-16(13)17(15)8-9-18(11,3)12(2)19/h10-11,15-17H,4-9H2,1-3H3/t11?,15?,16?,17?,18-/m1/s1. The molecule has 0 amide bonds. The Morgan fingerprint density at radius 2 is 1.95 bits per heavy atom. The molecule has 20 heavy (non-hydrogen) atoms. The van der Waals surface area contributed by atoms with E-state index < -0.39 is 0 Å². The van der Waals surface area contributed by atoms with Crippen molar-refractivity contribution in [2.45, 2.75) is 59.3 Å². The largest absolute Gasteiger partial charge is 0.299 e. The molecule has 3 aliphatic rings. The Kier molecular flexibility index (Phi) is 3.38. The first kappa shape index (κ1) is 14.0. The zero-order valence-corrected chi connectivity index (χ0v) is 12.9. The van der Waals surface area contributed by atoms with Gasteiger partial charge in [0.1, 0.15) is 5.78 Å². The molecule has 0 aromatic carbocycles. The Hall–Kier alpha value is -0.920. The number of allylic oxidation sites excluding steroid dienone is 2. The lowest BCUT2D eigenvalue weighted by atomic mass is 9.51. The van der Waals surface area contributed by atoms with Gasteiger partial charge < -0.3 is 0 Å². The summed E-state index contributed by atoms with van der Waals surface area (Å²) in [6, 6.07) is 0. The Morgan fingerprint density at radius 1 is 1.20 bits per heavy atom. The van der Waals surface area contributed by atoms with Gasteiger partial charge >= 0.3 is 0 Å². The van der Waals surface area contributed by atoms with Crippen molar-refractivity contribution in [2.75, 3.05) is 0 Å². The minimum Gasteiger partial charge on any atom is -0.299 e. The van der Waals surface area contributed by atoms with E-state index in [0.717, 1.165) is 25.7 Å². The Bertz CT molecular complexity index is 476. The molecule has 0 saturated heterocycles. The van der Waals surface area contributed by atoms with Crippen molar-refractivity contribution in [3.8, 4) is 0 Å². The molecule has 3 aliphatic carbocycles. The third kappa shape index (κ3) is 1.99. The molecule has 2 fully saturated rings. The minimum absolute atomic E-state index is 0.118. The molecule has 2 nitrogen and oxygen atoms in total. The van der Waals surface area contributed by atoms with Crippen LogP contribution in [-0.4, -0.2) is 11.6 Å². The van der Waals surface area contributed by atoms with Gasteiger partial charge in [0.05, 0.1) is 0 Å². The van der Waals surface area contributed by atoms with Crippen LogP contribution in [-0.2, 0) is 9.59 Å². The average Bonchev–Trinajstić information content (AvgIpc) is 2.42. The third-order valence-corrected chi connectivity index (χ3v) is 6.81. The van der Waals surface area contributed by atoms with Crippen LogP contribution in [0.15, 0.2) is 11.6 Å². The summed E-state index contributed by atoms with van der Waals surface area (Å²) in [6.45, 7) is 6.23. The van der Waals surface area contributed by atoms with Crippen LogP contribution in [0.4, 0.5) is 0 Å². The van der Waals surface area contributed by atoms with Crippen LogP contribution in [0.1, 0.15) is 59.3 Å². The molecule has 2 heteroatoms. The number of fused-ring (bicyclic) bond motifs is 3. The Labute approximate surface area is 122 Å². The highest BCUT2D eigenvalue weighted by atomic mass is 16.1. The molecule has 0 aliphatic heterocycles. The summed E-state index contributed by atoms with van der Waals surface area (Å²) in [5.41, 5.74) is 1.30. The molecule has 0 aromatic rings. The SMILES string of the molecule is CC(=O)[C@]1(C)CCC2C3CCC(=O)C=C3CCC2C1C. The Morgan fingerprint density at radius 3 is 2.65 bits per heavy atom. The molecule has 3 rings (SSSR count). The van der Waals surface area contributed by atoms with E-state index in [1.807, 2.05) is 6.08 Å². The minimum atomic E-state index is -0.118. The monoisotopic (exact) mass is 274 g/mol. The van der Waals surface area contributed by atoms with Crippen molar-refractivity contribution in [1.29, 1.82) is 0 Å². The molecular formula is C18H26O2. The summed E-state index contributed by atoms with van der Waals surface area (Å²) in [6.07, 6.45) is 8.17. The first-order chi connectivity index (χ1) is 9.43. The highest BCUT2D eigenvalue weighted by molar-refractivity contribution is 5.91. The number of Topliss-reactive ketones (excluding diaryl/α,β-unsaturated/α-hetero) is 1. The van der Waals surface area contributed by atoms with E-state index in [2.05, 4.69) is 13.8 Å². The molecule has 0 heterocycles. The summed E-state index contributed by atoms with van der Waals surface area (Å²) < 4.78 is 0. The number of hydrogen-bond acceptors (Lipinski definition) is 2. The van der Waals surface area contributed by atoms with Crippen molar-refractivity contribution in [1.82, 2.24) is 0 Å². The first-order valence-corrected chi connectivity index (χ1v) is 8.18. The summed E-state index contributed by atoms with van der Waals surface area (Å²) in [5.74, 6) is 3.19. The fraction of sp³-hybridized carbons (Fsp3) is 0.778. The van der Waals surface area contributed by atoms with E-state index >= 15 is 0 Å². The number of rotatable bonds is 1. The fourth-order valence-electron chi connectivity index (χ4n) is 5.16. The van der Waals surface area contributed by atoms with Gasteiger partial charge in [0.2, 0.25) is 0 Å². The first-order valence-electron chi connectivity index (χ1n) is 8.18. The van der Waals surface area contributed by atoms with Gasteiger partial charge in [0.15, 0.2) is 5.78 Å². The van der Waals surface area contributed by atoms with E-state index in [0.29, 0.717) is 35.2 Å². The van der Waals surface area contributed by atoms with Crippen LogP contribution in [0.3, 0.4) is 0 Å². The molecular weight excluding hydrogens is 248 g/mol. The highest BCUT2D eigenvalue weighted by Gasteiger charge is 2.50. The Balaban J connectivity index is 1.86. The number of carbonyl (C=O) groups excluding carboxylic acids is 2. The third-order valence-electron chi connectivity index (χ3n) is 6.81. The molecule has 0 radical (unpaired) electrons. The summed E-state index contributed by atoms with van der Waals surface area (Å²) >= 11 is 0. The molecule has 4 unspecified atom stereocenters. The van der Waals surface area contributed by atoms with Gasteiger partial charge in [-0.05, 0) is 68.8 Å². The van der Waals surface area contributed by atoms with Crippen molar-refractivity contribution in [2.24, 2.45) is 29.1 Å². The van der Waals surface area contributed by atoms with Gasteiger partial charge in [-0.3, -0.25) is 9.59 Å². The normalized spacial score (nSPS) is 44.4. The maximum Gasteiger partial charge on any atom is 0.155 e. The molecule has 110 valence electrons. The van der Waals surface area contributed by atoms with E-state index in [-0.39, 0.29) is 5.41 Å². The second kappa shape index (κ2) is 4.82. The summed E-state index contributed by atoms with van der Waals surface area (Å²) in [7, 11) is 0. The topological polar surface area (TPSA) is 34.1 Å². The van der Waals surface area contributed by atoms with Crippen molar-refractivity contribution in [3.63, 3.8) is 0 Å². The lowest BCUT2D eigenvalue weighted by Gasteiger charge is -2.53. The number of carbonyl (C=O) groups is 2.